The first kappa shape index (κ1) is 18.1. The van der Waals surface area contributed by atoms with Gasteiger partial charge in [0.15, 0.2) is 0 Å². The van der Waals surface area contributed by atoms with Gasteiger partial charge in [0.1, 0.15) is 12.3 Å². The molecule has 0 spiro atoms. The van der Waals surface area contributed by atoms with Gasteiger partial charge in [0, 0.05) is 23.1 Å². The van der Waals surface area contributed by atoms with Crippen LogP contribution in [0.25, 0.3) is 17.3 Å². The van der Waals surface area contributed by atoms with E-state index in [4.69, 9.17) is 4.74 Å². The number of ether oxygens (including phenoxy) is 1. The number of hydrogen-bond donors (Lipinski definition) is 0. The van der Waals surface area contributed by atoms with Gasteiger partial charge in [-0.25, -0.2) is 0 Å². The standard InChI is InChI=1S/C22H23N2OS2/c1-4-23-18-13-17(25-3)11-12-20(18)27-22(23)14-21-24(5-2)19(15-26-21)16-9-7-6-8-10-16/h6-15H,4-5H2,1-3H3/q+1. The van der Waals surface area contributed by atoms with Crippen molar-refractivity contribution < 1.29 is 9.30 Å². The number of nitrogens with zero attached hydrogens (tertiary/aromatic N) is 2. The van der Waals surface area contributed by atoms with Gasteiger partial charge in [-0.3, -0.25) is 0 Å². The first-order valence-corrected chi connectivity index (χ1v) is 10.9. The van der Waals surface area contributed by atoms with Crippen LogP contribution in [-0.2, 0) is 6.54 Å². The van der Waals surface area contributed by atoms with Gasteiger partial charge >= 0.3 is 0 Å². The van der Waals surface area contributed by atoms with Crippen LogP contribution in [-0.4, -0.2) is 13.7 Å². The van der Waals surface area contributed by atoms with Crippen molar-refractivity contribution in [1.29, 1.82) is 0 Å². The van der Waals surface area contributed by atoms with Crippen molar-refractivity contribution in [3.05, 3.63) is 63.9 Å². The minimum Gasteiger partial charge on any atom is -0.497 e. The summed E-state index contributed by atoms with van der Waals surface area (Å²) in [6, 6.07) is 16.9. The molecule has 138 valence electrons. The molecule has 0 bridgehead atoms. The Hall–Kier alpha value is -2.24. The molecule has 1 aliphatic heterocycles. The van der Waals surface area contributed by atoms with E-state index in [1.165, 1.54) is 31.9 Å². The van der Waals surface area contributed by atoms with E-state index in [2.05, 4.69) is 77.2 Å². The molecule has 3 aromatic rings. The predicted octanol–water partition coefficient (Wildman–Crippen LogP) is 5.66. The number of rotatable bonds is 5. The van der Waals surface area contributed by atoms with Crippen LogP contribution >= 0.6 is 23.1 Å². The fourth-order valence-corrected chi connectivity index (χ4v) is 5.63. The van der Waals surface area contributed by atoms with Gasteiger partial charge in [0.2, 0.25) is 5.69 Å². The third kappa shape index (κ3) is 3.37. The average molecular weight is 396 g/mol. The Kier molecular flexibility index (Phi) is 5.23. The molecule has 0 saturated carbocycles. The van der Waals surface area contributed by atoms with E-state index in [9.17, 15) is 0 Å². The molecule has 5 heteroatoms. The Bertz CT molecular complexity index is 979. The Labute approximate surface area is 168 Å². The minimum absolute atomic E-state index is 0.903. The summed E-state index contributed by atoms with van der Waals surface area (Å²) in [6.45, 7) is 6.28. The van der Waals surface area contributed by atoms with Gasteiger partial charge in [-0.05, 0) is 38.1 Å². The van der Waals surface area contributed by atoms with Crippen molar-refractivity contribution in [2.24, 2.45) is 0 Å². The third-order valence-electron chi connectivity index (χ3n) is 4.73. The van der Waals surface area contributed by atoms with E-state index in [0.717, 1.165) is 18.8 Å². The Morgan fingerprint density at radius 3 is 2.63 bits per heavy atom. The molecule has 0 saturated heterocycles. The summed E-state index contributed by atoms with van der Waals surface area (Å²) in [5, 5.41) is 4.80. The lowest BCUT2D eigenvalue weighted by molar-refractivity contribution is -0.679. The zero-order valence-corrected chi connectivity index (χ0v) is 17.4. The molecule has 0 radical (unpaired) electrons. The lowest BCUT2D eigenvalue weighted by atomic mass is 10.2. The Morgan fingerprint density at radius 1 is 1.11 bits per heavy atom. The van der Waals surface area contributed by atoms with Crippen LogP contribution in [0.2, 0.25) is 0 Å². The van der Waals surface area contributed by atoms with E-state index in [-0.39, 0.29) is 0 Å². The minimum atomic E-state index is 0.903. The molecule has 4 rings (SSSR count). The van der Waals surface area contributed by atoms with Gasteiger partial charge < -0.3 is 9.64 Å². The lowest BCUT2D eigenvalue weighted by Gasteiger charge is -2.17. The fourth-order valence-electron chi connectivity index (χ4n) is 3.38. The maximum absolute atomic E-state index is 5.42. The fraction of sp³-hybridized carbons (Fsp3) is 0.227. The monoisotopic (exact) mass is 395 g/mol. The zero-order chi connectivity index (χ0) is 18.8. The topological polar surface area (TPSA) is 16.4 Å². The maximum Gasteiger partial charge on any atom is 0.264 e. The summed E-state index contributed by atoms with van der Waals surface area (Å²) in [5.41, 5.74) is 3.77. The lowest BCUT2D eigenvalue weighted by Crippen LogP contribution is -2.35. The normalized spacial score (nSPS) is 14.6. The molecule has 0 aliphatic carbocycles. The summed E-state index contributed by atoms with van der Waals surface area (Å²) < 4.78 is 7.81. The largest absolute Gasteiger partial charge is 0.497 e. The molecule has 2 aromatic carbocycles. The molecular weight excluding hydrogens is 372 g/mol. The van der Waals surface area contributed by atoms with Gasteiger partial charge in [-0.2, -0.15) is 4.57 Å². The maximum atomic E-state index is 5.42. The second kappa shape index (κ2) is 7.79. The number of methoxy groups -OCH3 is 1. The van der Waals surface area contributed by atoms with E-state index in [0.29, 0.717) is 0 Å². The first-order chi connectivity index (χ1) is 13.2. The number of aromatic nitrogens is 1. The molecule has 27 heavy (non-hydrogen) atoms. The van der Waals surface area contributed by atoms with Crippen molar-refractivity contribution in [3.63, 3.8) is 0 Å². The van der Waals surface area contributed by atoms with Crippen molar-refractivity contribution in [1.82, 2.24) is 0 Å². The van der Waals surface area contributed by atoms with E-state index < -0.39 is 0 Å². The van der Waals surface area contributed by atoms with Crippen LogP contribution in [0.4, 0.5) is 5.69 Å². The van der Waals surface area contributed by atoms with Crippen molar-refractivity contribution in [2.75, 3.05) is 18.6 Å². The Balaban J connectivity index is 1.73. The van der Waals surface area contributed by atoms with Gasteiger partial charge in [-0.1, -0.05) is 41.3 Å². The molecular formula is C22H23N2OS2+. The summed E-state index contributed by atoms with van der Waals surface area (Å²) >= 11 is 3.64. The van der Waals surface area contributed by atoms with Crippen LogP contribution in [0.15, 0.2) is 63.8 Å². The zero-order valence-electron chi connectivity index (χ0n) is 15.8. The highest BCUT2D eigenvalue weighted by atomic mass is 32.2. The van der Waals surface area contributed by atoms with Crippen molar-refractivity contribution in [3.8, 4) is 17.0 Å². The summed E-state index contributed by atoms with van der Waals surface area (Å²) in [4.78, 5) is 3.65. The first-order valence-electron chi connectivity index (χ1n) is 9.17. The number of anilines is 1. The number of thioether (sulfide) groups is 1. The molecule has 3 nitrogen and oxygen atoms in total. The number of thiazole rings is 1. The molecule has 0 unspecified atom stereocenters. The summed E-state index contributed by atoms with van der Waals surface area (Å²) in [6.07, 6.45) is 2.32. The highest BCUT2D eigenvalue weighted by Gasteiger charge is 2.27. The third-order valence-corrected chi connectivity index (χ3v) is 6.77. The second-order valence-corrected chi connectivity index (χ2v) is 8.18. The average Bonchev–Trinajstić information content (AvgIpc) is 3.28. The second-order valence-electron chi connectivity index (χ2n) is 6.23. The van der Waals surface area contributed by atoms with Gasteiger partial charge in [-0.15, -0.1) is 0 Å². The molecule has 2 heterocycles. The predicted molar refractivity (Wildman–Crippen MR) is 115 cm³/mol. The van der Waals surface area contributed by atoms with E-state index in [1.54, 1.807) is 18.4 Å². The highest BCUT2D eigenvalue weighted by molar-refractivity contribution is 8.03. The van der Waals surface area contributed by atoms with Gasteiger partial charge in [0.05, 0.1) is 29.3 Å². The number of fused-ring (bicyclic) bond motifs is 1. The van der Waals surface area contributed by atoms with Crippen molar-refractivity contribution >= 4 is 34.9 Å². The highest BCUT2D eigenvalue weighted by Crippen LogP contribution is 2.47. The Morgan fingerprint density at radius 2 is 1.93 bits per heavy atom. The molecule has 0 N–H and O–H groups in total. The molecule has 0 fully saturated rings. The summed E-state index contributed by atoms with van der Waals surface area (Å²) in [7, 11) is 1.72. The van der Waals surface area contributed by atoms with Gasteiger partial charge in [0.25, 0.3) is 5.01 Å². The molecule has 0 atom stereocenters. The number of benzene rings is 2. The van der Waals surface area contributed by atoms with Crippen molar-refractivity contribution in [2.45, 2.75) is 25.3 Å². The van der Waals surface area contributed by atoms with Crippen LogP contribution in [0.1, 0.15) is 18.9 Å². The van der Waals surface area contributed by atoms with Crippen LogP contribution in [0.5, 0.6) is 5.75 Å². The van der Waals surface area contributed by atoms with E-state index in [1.807, 2.05) is 17.8 Å². The summed E-state index contributed by atoms with van der Waals surface area (Å²) in [5.74, 6) is 0.903. The van der Waals surface area contributed by atoms with Crippen LogP contribution in [0.3, 0.4) is 0 Å². The SMILES string of the molecule is CCN1/C(=C/c2scc(-c3ccccc3)[n+]2CC)Sc2ccc(OC)cc21. The molecule has 1 aromatic heterocycles. The van der Waals surface area contributed by atoms with Crippen LogP contribution < -0.4 is 14.2 Å². The molecule has 1 aliphatic rings. The molecule has 0 amide bonds. The smallest absolute Gasteiger partial charge is 0.264 e. The van der Waals surface area contributed by atoms with Crippen LogP contribution in [0, 0.1) is 0 Å². The van der Waals surface area contributed by atoms with E-state index >= 15 is 0 Å². The number of hydrogen-bond acceptors (Lipinski definition) is 4. The quantitative estimate of drug-likeness (QED) is 0.519.